The van der Waals surface area contributed by atoms with Gasteiger partial charge in [0.25, 0.3) is 0 Å². The van der Waals surface area contributed by atoms with E-state index >= 15 is 0 Å². The summed E-state index contributed by atoms with van der Waals surface area (Å²) in [5.74, 6) is -0.352. The minimum atomic E-state index is -0.352. The molecule has 0 bridgehead atoms. The fourth-order valence-corrected chi connectivity index (χ4v) is 6.15. The van der Waals surface area contributed by atoms with E-state index in [2.05, 4.69) is 64.2 Å². The third-order valence-electron chi connectivity index (χ3n) is 4.69. The van der Waals surface area contributed by atoms with E-state index in [9.17, 15) is 4.79 Å². The third kappa shape index (κ3) is 4.12. The van der Waals surface area contributed by atoms with Crippen molar-refractivity contribution in [3.63, 3.8) is 0 Å². The van der Waals surface area contributed by atoms with E-state index in [1.54, 1.807) is 34.0 Å². The molecular weight excluding hydrogens is 430 g/mol. The molecule has 0 spiro atoms. The number of carbonyl (C=O) groups is 1. The molecule has 0 amide bonds. The van der Waals surface area contributed by atoms with Gasteiger partial charge in [0.05, 0.1) is 7.11 Å². The van der Waals surface area contributed by atoms with E-state index in [4.69, 9.17) is 4.74 Å². The molecule has 0 atom stereocenters. The molecule has 0 fully saturated rings. The minimum absolute atomic E-state index is 0.352. The zero-order valence-electron chi connectivity index (χ0n) is 16.9. The number of thiophene rings is 3. The molecule has 0 N–H and O–H groups in total. The van der Waals surface area contributed by atoms with Crippen LogP contribution in [0.4, 0.5) is 5.69 Å². The van der Waals surface area contributed by atoms with Gasteiger partial charge in [0.1, 0.15) is 0 Å². The Kier molecular flexibility index (Phi) is 6.18. The molecule has 3 nitrogen and oxygen atoms in total. The van der Waals surface area contributed by atoms with Gasteiger partial charge in [-0.2, -0.15) is 0 Å². The van der Waals surface area contributed by atoms with E-state index in [-0.39, 0.29) is 5.97 Å². The van der Waals surface area contributed by atoms with Crippen molar-refractivity contribution in [2.45, 2.75) is 0 Å². The maximum Gasteiger partial charge on any atom is 0.330 e. The van der Waals surface area contributed by atoms with Crippen molar-refractivity contribution in [2.75, 3.05) is 26.1 Å². The number of methoxy groups -OCH3 is 1. The Morgan fingerprint density at radius 3 is 2.10 bits per heavy atom. The first-order valence-electron chi connectivity index (χ1n) is 9.37. The Morgan fingerprint density at radius 2 is 1.57 bits per heavy atom. The van der Waals surface area contributed by atoms with Gasteiger partial charge in [-0.1, -0.05) is 24.3 Å². The maximum absolute atomic E-state index is 11.8. The molecule has 0 saturated carbocycles. The number of ether oxygens (including phenoxy) is 1. The Bertz CT molecular complexity index is 1150. The average Bonchev–Trinajstić information content (AvgIpc) is 3.52. The number of hydrogen-bond acceptors (Lipinski definition) is 6. The van der Waals surface area contributed by atoms with Crippen LogP contribution in [-0.4, -0.2) is 27.2 Å². The van der Waals surface area contributed by atoms with E-state index in [0.717, 1.165) is 10.6 Å². The SMILES string of the molecule is COC(=O)/C=C/c1sc(-c2ccc(N(C)C)cc2)c(-c2cccs2)c1-c1cccs1. The van der Waals surface area contributed by atoms with Crippen molar-refractivity contribution in [1.29, 1.82) is 0 Å². The molecule has 6 heteroatoms. The lowest BCUT2D eigenvalue weighted by atomic mass is 10.0. The first kappa shape index (κ1) is 20.6. The Balaban J connectivity index is 1.95. The number of rotatable bonds is 6. The largest absolute Gasteiger partial charge is 0.466 e. The van der Waals surface area contributed by atoms with Crippen molar-refractivity contribution < 1.29 is 9.53 Å². The first-order valence-corrected chi connectivity index (χ1v) is 11.9. The summed E-state index contributed by atoms with van der Waals surface area (Å²) in [6, 6.07) is 17.1. The van der Waals surface area contributed by atoms with Crippen LogP contribution in [0.15, 0.2) is 65.4 Å². The van der Waals surface area contributed by atoms with Crippen LogP contribution < -0.4 is 4.90 Å². The summed E-state index contributed by atoms with van der Waals surface area (Å²) in [4.78, 5) is 18.5. The second kappa shape index (κ2) is 9.00. The summed E-state index contributed by atoms with van der Waals surface area (Å²) in [6.07, 6.45) is 3.38. The summed E-state index contributed by atoms with van der Waals surface area (Å²) in [5, 5.41) is 4.19. The first-order chi connectivity index (χ1) is 14.6. The topological polar surface area (TPSA) is 29.5 Å². The molecule has 0 aliphatic carbocycles. The highest BCUT2D eigenvalue weighted by molar-refractivity contribution is 7.20. The van der Waals surface area contributed by atoms with Gasteiger partial charge in [0, 0.05) is 56.5 Å². The normalized spacial score (nSPS) is 11.2. The molecule has 0 aliphatic rings. The molecule has 30 heavy (non-hydrogen) atoms. The number of nitrogens with zero attached hydrogens (tertiary/aromatic N) is 1. The summed E-state index contributed by atoms with van der Waals surface area (Å²) < 4.78 is 4.81. The van der Waals surface area contributed by atoms with E-state index in [1.165, 1.54) is 44.5 Å². The molecule has 0 unspecified atom stereocenters. The van der Waals surface area contributed by atoms with Gasteiger partial charge < -0.3 is 9.64 Å². The summed E-state index contributed by atoms with van der Waals surface area (Å²) in [7, 11) is 5.49. The van der Waals surface area contributed by atoms with E-state index in [0.29, 0.717) is 0 Å². The molecule has 4 rings (SSSR count). The fourth-order valence-electron chi connectivity index (χ4n) is 3.21. The van der Waals surface area contributed by atoms with Gasteiger partial charge in [-0.25, -0.2) is 4.79 Å². The summed E-state index contributed by atoms with van der Waals surface area (Å²) in [6.45, 7) is 0. The van der Waals surface area contributed by atoms with Gasteiger partial charge in [-0.3, -0.25) is 0 Å². The van der Waals surface area contributed by atoms with Crippen LogP contribution in [0.2, 0.25) is 0 Å². The van der Waals surface area contributed by atoms with E-state index < -0.39 is 0 Å². The molecule has 0 aliphatic heterocycles. The monoisotopic (exact) mass is 451 g/mol. The number of hydrogen-bond donors (Lipinski definition) is 0. The van der Waals surface area contributed by atoms with Crippen molar-refractivity contribution in [3.8, 4) is 31.3 Å². The van der Waals surface area contributed by atoms with Gasteiger partial charge in [0.2, 0.25) is 0 Å². The van der Waals surface area contributed by atoms with Crippen LogP contribution in [0.5, 0.6) is 0 Å². The second-order valence-corrected chi connectivity index (χ2v) is 9.75. The number of anilines is 1. The van der Waals surface area contributed by atoms with Gasteiger partial charge in [-0.05, 0) is 46.7 Å². The van der Waals surface area contributed by atoms with Gasteiger partial charge in [-0.15, -0.1) is 34.0 Å². The van der Waals surface area contributed by atoms with E-state index in [1.807, 2.05) is 20.2 Å². The highest BCUT2D eigenvalue weighted by Crippen LogP contribution is 2.50. The van der Waals surface area contributed by atoms with Crippen molar-refractivity contribution in [1.82, 2.24) is 0 Å². The van der Waals surface area contributed by atoms with Crippen LogP contribution in [0.1, 0.15) is 4.88 Å². The zero-order chi connectivity index (χ0) is 21.1. The predicted octanol–water partition coefficient (Wildman–Crippen LogP) is 7.12. The zero-order valence-corrected chi connectivity index (χ0v) is 19.4. The number of esters is 1. The highest BCUT2D eigenvalue weighted by atomic mass is 32.1. The molecule has 0 saturated heterocycles. The van der Waals surface area contributed by atoms with Crippen molar-refractivity contribution >= 4 is 51.7 Å². The minimum Gasteiger partial charge on any atom is -0.466 e. The second-order valence-electron chi connectivity index (χ2n) is 6.80. The molecule has 152 valence electrons. The maximum atomic E-state index is 11.8. The molecule has 0 radical (unpaired) electrons. The Labute approximate surface area is 188 Å². The van der Waals surface area contributed by atoms with Crippen LogP contribution in [0, 0.1) is 0 Å². The number of benzene rings is 1. The van der Waals surface area contributed by atoms with Crippen LogP contribution in [-0.2, 0) is 9.53 Å². The highest BCUT2D eigenvalue weighted by Gasteiger charge is 2.22. The standard InChI is InChI=1S/C24H21NO2S3/c1-25(2)17-10-8-16(9-11-17)24-23(19-7-5-15-29-19)22(18-6-4-14-28-18)20(30-24)12-13-21(26)27-3/h4-15H,1-3H3/b13-12+. The smallest absolute Gasteiger partial charge is 0.330 e. The molecular formula is C24H21NO2S3. The molecule has 3 aromatic heterocycles. The fraction of sp³-hybridized carbons (Fsp3) is 0.125. The summed E-state index contributed by atoms with van der Waals surface area (Å²) >= 11 is 5.15. The average molecular weight is 452 g/mol. The summed E-state index contributed by atoms with van der Waals surface area (Å²) in [5.41, 5.74) is 4.73. The molecule has 1 aromatic carbocycles. The van der Waals surface area contributed by atoms with Crippen molar-refractivity contribution in [3.05, 3.63) is 70.2 Å². The van der Waals surface area contributed by atoms with Crippen LogP contribution in [0.25, 0.3) is 37.4 Å². The van der Waals surface area contributed by atoms with Crippen LogP contribution in [0.3, 0.4) is 0 Å². The number of carbonyl (C=O) groups excluding carboxylic acids is 1. The predicted molar refractivity (Wildman–Crippen MR) is 132 cm³/mol. The lowest BCUT2D eigenvalue weighted by Gasteiger charge is -2.13. The quantitative estimate of drug-likeness (QED) is 0.231. The molecule has 4 aromatic rings. The Morgan fingerprint density at radius 1 is 0.933 bits per heavy atom. The van der Waals surface area contributed by atoms with Gasteiger partial charge >= 0.3 is 5.97 Å². The van der Waals surface area contributed by atoms with Gasteiger partial charge in [0.15, 0.2) is 0 Å². The lowest BCUT2D eigenvalue weighted by molar-refractivity contribution is -0.134. The Hall–Kier alpha value is -2.67. The van der Waals surface area contributed by atoms with Crippen molar-refractivity contribution in [2.24, 2.45) is 0 Å². The lowest BCUT2D eigenvalue weighted by Crippen LogP contribution is -2.07. The third-order valence-corrected chi connectivity index (χ3v) is 7.67. The molecule has 3 heterocycles. The van der Waals surface area contributed by atoms with Crippen LogP contribution >= 0.6 is 34.0 Å².